The van der Waals surface area contributed by atoms with Crippen molar-refractivity contribution in [2.75, 3.05) is 26.3 Å². The second kappa shape index (κ2) is 6.95. The Kier molecular flexibility index (Phi) is 4.98. The van der Waals surface area contributed by atoms with Crippen LogP contribution in [0.1, 0.15) is 18.9 Å². The maximum atomic E-state index is 11.7. The lowest BCUT2D eigenvalue weighted by Crippen LogP contribution is -2.20. The summed E-state index contributed by atoms with van der Waals surface area (Å²) in [5.41, 5.74) is 1.40. The van der Waals surface area contributed by atoms with Crippen LogP contribution in [-0.4, -0.2) is 32.3 Å². The van der Waals surface area contributed by atoms with E-state index in [1.54, 1.807) is 0 Å². The van der Waals surface area contributed by atoms with Gasteiger partial charge in [-0.25, -0.2) is 4.79 Å². The number of hydrogen-bond donors (Lipinski definition) is 1. The molecule has 0 aromatic heterocycles. The molecule has 1 aliphatic rings. The fourth-order valence-electron chi connectivity index (χ4n) is 1.93. The van der Waals surface area contributed by atoms with Gasteiger partial charge in [0.25, 0.3) is 0 Å². The van der Waals surface area contributed by atoms with Crippen molar-refractivity contribution in [3.8, 4) is 0 Å². The molecule has 0 amide bonds. The quantitative estimate of drug-likeness (QED) is 0.602. The van der Waals surface area contributed by atoms with Gasteiger partial charge in [0.1, 0.15) is 24.5 Å². The van der Waals surface area contributed by atoms with Gasteiger partial charge in [-0.15, -0.1) is 0 Å². The van der Waals surface area contributed by atoms with Crippen LogP contribution in [0.4, 0.5) is 0 Å². The summed E-state index contributed by atoms with van der Waals surface area (Å²) in [5.74, 6) is 0.331. The molecule has 0 spiro atoms. The van der Waals surface area contributed by atoms with E-state index in [1.807, 2.05) is 30.3 Å². The van der Waals surface area contributed by atoms with E-state index in [2.05, 4.69) is 12.2 Å². The molecule has 1 aromatic carbocycles. The average Bonchev–Trinajstić information content (AvgIpc) is 2.81. The van der Waals surface area contributed by atoms with Crippen molar-refractivity contribution >= 4 is 11.5 Å². The fourth-order valence-corrected chi connectivity index (χ4v) is 1.93. The van der Waals surface area contributed by atoms with Crippen molar-refractivity contribution in [2.45, 2.75) is 13.3 Å². The van der Waals surface area contributed by atoms with E-state index in [0.717, 1.165) is 25.1 Å². The Balaban J connectivity index is 2.00. The first-order valence-electron chi connectivity index (χ1n) is 6.62. The van der Waals surface area contributed by atoms with Crippen LogP contribution in [0, 0.1) is 0 Å². The Morgan fingerprint density at radius 1 is 1.26 bits per heavy atom. The molecule has 2 rings (SSSR count). The second-order valence-corrected chi connectivity index (χ2v) is 4.34. The van der Waals surface area contributed by atoms with E-state index >= 15 is 0 Å². The third kappa shape index (κ3) is 3.58. The van der Waals surface area contributed by atoms with E-state index < -0.39 is 0 Å². The van der Waals surface area contributed by atoms with Crippen LogP contribution in [0.5, 0.6) is 0 Å². The predicted octanol–water partition coefficient (Wildman–Crippen LogP) is 1.97. The highest BCUT2D eigenvalue weighted by molar-refractivity contribution is 6.18. The first-order chi connectivity index (χ1) is 9.33. The van der Waals surface area contributed by atoms with Crippen LogP contribution >= 0.6 is 0 Å². The standard InChI is InChI=1S/C15H19NO3/c1-2-8-16-9-10-18-13-11-19-15(17)14(13)12-6-4-3-5-7-12/h3-7,16H,2,8-11H2,1H3. The normalized spacial score (nSPS) is 14.7. The smallest absolute Gasteiger partial charge is 0.342 e. The molecule has 1 N–H and O–H groups in total. The Morgan fingerprint density at radius 2 is 2.05 bits per heavy atom. The van der Waals surface area contributed by atoms with E-state index in [0.29, 0.717) is 17.9 Å². The molecule has 0 fully saturated rings. The number of rotatable bonds is 7. The first kappa shape index (κ1) is 13.6. The molecule has 102 valence electrons. The van der Waals surface area contributed by atoms with Crippen molar-refractivity contribution in [3.05, 3.63) is 41.7 Å². The van der Waals surface area contributed by atoms with Crippen LogP contribution in [-0.2, 0) is 14.3 Å². The predicted molar refractivity (Wildman–Crippen MR) is 73.4 cm³/mol. The lowest BCUT2D eigenvalue weighted by atomic mass is 10.1. The highest BCUT2D eigenvalue weighted by Gasteiger charge is 2.27. The monoisotopic (exact) mass is 261 g/mol. The van der Waals surface area contributed by atoms with E-state index in [-0.39, 0.29) is 12.6 Å². The van der Waals surface area contributed by atoms with Crippen molar-refractivity contribution in [2.24, 2.45) is 0 Å². The van der Waals surface area contributed by atoms with Gasteiger partial charge in [-0.05, 0) is 18.5 Å². The third-order valence-electron chi connectivity index (χ3n) is 2.86. The zero-order valence-electron chi connectivity index (χ0n) is 11.1. The Hall–Kier alpha value is -1.81. The molecule has 1 heterocycles. The summed E-state index contributed by atoms with van der Waals surface area (Å²) < 4.78 is 10.7. The lowest BCUT2D eigenvalue weighted by Gasteiger charge is -2.08. The van der Waals surface area contributed by atoms with Crippen molar-refractivity contribution in [3.63, 3.8) is 0 Å². The Bertz CT molecular complexity index is 454. The molecule has 0 unspecified atom stereocenters. The summed E-state index contributed by atoms with van der Waals surface area (Å²) in [7, 11) is 0. The number of esters is 1. The van der Waals surface area contributed by atoms with Crippen LogP contribution in [0.2, 0.25) is 0 Å². The van der Waals surface area contributed by atoms with Gasteiger partial charge in [0.15, 0.2) is 0 Å². The van der Waals surface area contributed by atoms with Crippen molar-refractivity contribution < 1.29 is 14.3 Å². The lowest BCUT2D eigenvalue weighted by molar-refractivity contribution is -0.134. The number of carbonyl (C=O) groups excluding carboxylic acids is 1. The largest absolute Gasteiger partial charge is 0.492 e. The van der Waals surface area contributed by atoms with E-state index in [4.69, 9.17) is 9.47 Å². The summed E-state index contributed by atoms with van der Waals surface area (Å²) in [4.78, 5) is 11.7. The van der Waals surface area contributed by atoms with Gasteiger partial charge in [0, 0.05) is 6.54 Å². The fraction of sp³-hybridized carbons (Fsp3) is 0.400. The zero-order valence-corrected chi connectivity index (χ0v) is 11.1. The molecule has 4 heteroatoms. The average molecular weight is 261 g/mol. The maximum Gasteiger partial charge on any atom is 0.342 e. The first-order valence-corrected chi connectivity index (χ1v) is 6.62. The SMILES string of the molecule is CCCNCCOC1=C(c2ccccc2)C(=O)OC1. The number of ether oxygens (including phenoxy) is 2. The summed E-state index contributed by atoms with van der Waals surface area (Å²) in [6, 6.07) is 9.49. The molecule has 0 bridgehead atoms. The van der Waals surface area contributed by atoms with Gasteiger partial charge in [-0.2, -0.15) is 0 Å². The number of benzene rings is 1. The summed E-state index contributed by atoms with van der Waals surface area (Å²) in [5, 5.41) is 3.25. The van der Waals surface area contributed by atoms with E-state index in [1.165, 1.54) is 0 Å². The molecule has 4 nitrogen and oxygen atoms in total. The van der Waals surface area contributed by atoms with Crippen LogP contribution in [0.15, 0.2) is 36.1 Å². The molecule has 0 atom stereocenters. The molecule has 0 radical (unpaired) electrons. The van der Waals surface area contributed by atoms with Crippen LogP contribution in [0.25, 0.3) is 5.57 Å². The van der Waals surface area contributed by atoms with Gasteiger partial charge in [0.2, 0.25) is 0 Å². The summed E-state index contributed by atoms with van der Waals surface area (Å²) >= 11 is 0. The van der Waals surface area contributed by atoms with Crippen molar-refractivity contribution in [1.29, 1.82) is 0 Å². The molecule has 19 heavy (non-hydrogen) atoms. The second-order valence-electron chi connectivity index (χ2n) is 4.34. The summed E-state index contributed by atoms with van der Waals surface area (Å²) in [6.07, 6.45) is 1.10. The van der Waals surface area contributed by atoms with Gasteiger partial charge in [-0.1, -0.05) is 37.3 Å². The van der Waals surface area contributed by atoms with Gasteiger partial charge < -0.3 is 14.8 Å². The molecule has 0 saturated carbocycles. The number of carbonyl (C=O) groups is 1. The minimum Gasteiger partial charge on any atom is -0.492 e. The summed E-state index contributed by atoms with van der Waals surface area (Å²) in [6.45, 7) is 4.64. The Morgan fingerprint density at radius 3 is 2.79 bits per heavy atom. The minimum atomic E-state index is -0.303. The minimum absolute atomic E-state index is 0.233. The van der Waals surface area contributed by atoms with Crippen LogP contribution < -0.4 is 5.32 Å². The van der Waals surface area contributed by atoms with Gasteiger partial charge in [0.05, 0.1) is 0 Å². The number of nitrogens with one attached hydrogen (secondary N) is 1. The molecule has 0 aliphatic carbocycles. The number of hydrogen-bond acceptors (Lipinski definition) is 4. The Labute approximate surface area is 113 Å². The van der Waals surface area contributed by atoms with E-state index in [9.17, 15) is 4.79 Å². The zero-order chi connectivity index (χ0) is 13.5. The molecule has 1 aliphatic heterocycles. The highest BCUT2D eigenvalue weighted by Crippen LogP contribution is 2.26. The van der Waals surface area contributed by atoms with Crippen molar-refractivity contribution in [1.82, 2.24) is 5.32 Å². The topological polar surface area (TPSA) is 47.6 Å². The molecule has 0 saturated heterocycles. The molecule has 1 aromatic rings. The third-order valence-corrected chi connectivity index (χ3v) is 2.86. The van der Waals surface area contributed by atoms with Gasteiger partial charge >= 0.3 is 5.97 Å². The van der Waals surface area contributed by atoms with Crippen LogP contribution in [0.3, 0.4) is 0 Å². The maximum absolute atomic E-state index is 11.7. The highest BCUT2D eigenvalue weighted by atomic mass is 16.6. The van der Waals surface area contributed by atoms with Gasteiger partial charge in [-0.3, -0.25) is 0 Å². The molecular formula is C15H19NO3. The molecular weight excluding hydrogens is 242 g/mol. The number of cyclic esters (lactones) is 1.